The first-order valence-electron chi connectivity index (χ1n) is 10.2. The second-order valence-electron chi connectivity index (χ2n) is 6.93. The number of hydrogen-bond donors (Lipinski definition) is 1. The summed E-state index contributed by atoms with van der Waals surface area (Å²) in [6.45, 7) is 3.93. The summed E-state index contributed by atoms with van der Waals surface area (Å²) in [5.41, 5.74) is 1.60. The Balaban J connectivity index is 2.56. The van der Waals surface area contributed by atoms with E-state index >= 15 is 0 Å². The number of benzene rings is 1. The molecule has 2 rings (SSSR count). The number of nitrogens with one attached hydrogen (secondary N) is 1. The van der Waals surface area contributed by atoms with Crippen LogP contribution in [0, 0.1) is 0 Å². The van der Waals surface area contributed by atoms with Crippen molar-refractivity contribution in [2.75, 3.05) is 52.7 Å². The van der Waals surface area contributed by atoms with Gasteiger partial charge < -0.3 is 33.9 Å². The summed E-state index contributed by atoms with van der Waals surface area (Å²) < 4.78 is 26.7. The van der Waals surface area contributed by atoms with Gasteiger partial charge in [0.25, 0.3) is 0 Å². The Kier molecular flexibility index (Phi) is 9.33. The molecule has 0 unspecified atom stereocenters. The highest BCUT2D eigenvalue weighted by atomic mass is 16.5. The average molecular weight is 450 g/mol. The predicted octanol–water partition coefficient (Wildman–Crippen LogP) is 1.56. The van der Waals surface area contributed by atoms with Crippen LogP contribution in [0.5, 0.6) is 11.5 Å². The maximum absolute atomic E-state index is 12.7. The van der Waals surface area contributed by atoms with E-state index in [1.807, 2.05) is 13.0 Å². The molecule has 0 aromatic heterocycles. The third-order valence-corrected chi connectivity index (χ3v) is 4.74. The van der Waals surface area contributed by atoms with Gasteiger partial charge in [0, 0.05) is 13.0 Å². The van der Waals surface area contributed by atoms with Gasteiger partial charge in [0.05, 0.1) is 45.7 Å². The molecule has 1 heterocycles. The Bertz CT molecular complexity index is 881. The van der Waals surface area contributed by atoms with Gasteiger partial charge in [-0.1, -0.05) is 13.3 Å². The van der Waals surface area contributed by atoms with E-state index in [-0.39, 0.29) is 37.1 Å². The van der Waals surface area contributed by atoms with Gasteiger partial charge in [-0.3, -0.25) is 4.79 Å². The first kappa shape index (κ1) is 25.0. The van der Waals surface area contributed by atoms with Crippen molar-refractivity contribution in [2.24, 2.45) is 0 Å². The Labute approximate surface area is 187 Å². The molecular weight excluding hydrogens is 420 g/mol. The van der Waals surface area contributed by atoms with E-state index in [2.05, 4.69) is 5.32 Å². The molecule has 0 saturated heterocycles. The Morgan fingerprint density at radius 3 is 2.41 bits per heavy atom. The van der Waals surface area contributed by atoms with Crippen LogP contribution in [0.15, 0.2) is 23.4 Å². The van der Waals surface area contributed by atoms with Gasteiger partial charge in [0.1, 0.15) is 19.0 Å². The fourth-order valence-corrected chi connectivity index (χ4v) is 3.31. The van der Waals surface area contributed by atoms with Crippen molar-refractivity contribution in [1.82, 2.24) is 5.32 Å². The smallest absolute Gasteiger partial charge is 0.355 e. The van der Waals surface area contributed by atoms with Crippen LogP contribution in [-0.2, 0) is 35.0 Å². The van der Waals surface area contributed by atoms with Gasteiger partial charge in [-0.2, -0.15) is 0 Å². The molecule has 1 aromatic carbocycles. The first-order valence-corrected chi connectivity index (χ1v) is 10.2. The van der Waals surface area contributed by atoms with E-state index in [0.717, 1.165) is 12.0 Å². The molecule has 10 heteroatoms. The van der Waals surface area contributed by atoms with Crippen LogP contribution in [0.2, 0.25) is 0 Å². The second-order valence-corrected chi connectivity index (χ2v) is 6.93. The molecule has 176 valence electrons. The van der Waals surface area contributed by atoms with Gasteiger partial charge in [0.15, 0.2) is 11.5 Å². The summed E-state index contributed by atoms with van der Waals surface area (Å²) >= 11 is 0. The molecule has 1 aromatic rings. The maximum Gasteiger partial charge on any atom is 0.355 e. The van der Waals surface area contributed by atoms with Crippen molar-refractivity contribution in [3.05, 3.63) is 29.0 Å². The molecule has 0 bridgehead atoms. The number of amides is 1. The molecule has 1 aliphatic heterocycles. The van der Waals surface area contributed by atoms with Gasteiger partial charge in [-0.05, 0) is 18.1 Å². The van der Waals surface area contributed by atoms with Crippen molar-refractivity contribution in [1.29, 1.82) is 0 Å². The molecule has 1 amide bonds. The van der Waals surface area contributed by atoms with Crippen LogP contribution in [0.25, 0.3) is 0 Å². The van der Waals surface area contributed by atoms with Crippen LogP contribution < -0.4 is 19.7 Å². The summed E-state index contributed by atoms with van der Waals surface area (Å²) in [4.78, 5) is 37.6. The lowest BCUT2D eigenvalue weighted by Gasteiger charge is -2.33. The van der Waals surface area contributed by atoms with Crippen molar-refractivity contribution in [3.63, 3.8) is 0 Å². The number of carbonyl (C=O) groups is 3. The minimum absolute atomic E-state index is 0.0271. The monoisotopic (exact) mass is 450 g/mol. The first-order chi connectivity index (χ1) is 15.4. The molecule has 1 N–H and O–H groups in total. The average Bonchev–Trinajstić information content (AvgIpc) is 2.80. The molecule has 0 fully saturated rings. The number of methoxy groups -OCH3 is 3. The molecule has 0 atom stereocenters. The minimum atomic E-state index is -0.680. The SMILES string of the molecule is CCCc1cc(OC)c(OCCNC(C)=O)cc1N1COCC(C(=O)OC)=C1C(=O)OC. The van der Waals surface area contributed by atoms with Crippen molar-refractivity contribution < 1.29 is 38.1 Å². The Morgan fingerprint density at radius 2 is 1.81 bits per heavy atom. The highest BCUT2D eigenvalue weighted by Crippen LogP contribution is 2.38. The minimum Gasteiger partial charge on any atom is -0.493 e. The zero-order chi connectivity index (χ0) is 23.7. The van der Waals surface area contributed by atoms with Crippen molar-refractivity contribution >= 4 is 23.5 Å². The van der Waals surface area contributed by atoms with Crippen LogP contribution in [-0.4, -0.2) is 65.7 Å². The third-order valence-electron chi connectivity index (χ3n) is 4.74. The molecular formula is C22H30N2O8. The van der Waals surface area contributed by atoms with E-state index in [4.69, 9.17) is 23.7 Å². The fraction of sp³-hybridized carbons (Fsp3) is 0.500. The molecule has 0 spiro atoms. The van der Waals surface area contributed by atoms with E-state index in [0.29, 0.717) is 30.2 Å². The number of rotatable bonds is 10. The maximum atomic E-state index is 12.7. The van der Waals surface area contributed by atoms with Gasteiger partial charge >= 0.3 is 11.9 Å². The summed E-state index contributed by atoms with van der Waals surface area (Å²) in [6.07, 6.45) is 1.51. The Morgan fingerprint density at radius 1 is 1.09 bits per heavy atom. The standard InChI is InChI=1S/C22H30N2O8/c1-6-7-15-10-18(28-3)19(32-9-8-23-14(2)25)11-17(15)24-13-31-12-16(21(26)29-4)20(24)22(27)30-5/h10-11H,6-9,12-13H2,1-5H3,(H,23,25). The van der Waals surface area contributed by atoms with E-state index < -0.39 is 11.9 Å². The molecule has 0 saturated carbocycles. The van der Waals surface area contributed by atoms with E-state index in [1.165, 1.54) is 28.3 Å². The summed E-state index contributed by atoms with van der Waals surface area (Å²) in [5.74, 6) is -0.586. The number of nitrogens with zero attached hydrogens (tertiary/aromatic N) is 1. The Hall–Kier alpha value is -3.27. The topological polar surface area (TPSA) is 113 Å². The zero-order valence-electron chi connectivity index (χ0n) is 19.1. The second kappa shape index (κ2) is 11.9. The summed E-state index contributed by atoms with van der Waals surface area (Å²) in [6, 6.07) is 3.55. The van der Waals surface area contributed by atoms with Crippen LogP contribution in [0.1, 0.15) is 25.8 Å². The number of ether oxygens (including phenoxy) is 5. The van der Waals surface area contributed by atoms with Crippen LogP contribution in [0.3, 0.4) is 0 Å². The van der Waals surface area contributed by atoms with E-state index in [9.17, 15) is 14.4 Å². The zero-order valence-corrected chi connectivity index (χ0v) is 19.1. The number of anilines is 1. The number of hydrogen-bond acceptors (Lipinski definition) is 9. The van der Waals surface area contributed by atoms with Gasteiger partial charge in [-0.25, -0.2) is 9.59 Å². The highest BCUT2D eigenvalue weighted by Gasteiger charge is 2.33. The van der Waals surface area contributed by atoms with E-state index in [1.54, 1.807) is 11.0 Å². The molecule has 0 radical (unpaired) electrons. The van der Waals surface area contributed by atoms with Gasteiger partial charge in [0.2, 0.25) is 5.91 Å². The number of aryl methyl sites for hydroxylation is 1. The molecule has 0 aliphatic carbocycles. The third kappa shape index (κ3) is 5.91. The lowest BCUT2D eigenvalue weighted by Crippen LogP contribution is -2.39. The largest absolute Gasteiger partial charge is 0.493 e. The lowest BCUT2D eigenvalue weighted by molar-refractivity contribution is -0.140. The number of esters is 2. The van der Waals surface area contributed by atoms with Crippen LogP contribution in [0.4, 0.5) is 5.69 Å². The summed E-state index contributed by atoms with van der Waals surface area (Å²) in [5, 5.41) is 2.66. The lowest BCUT2D eigenvalue weighted by atomic mass is 10.0. The normalized spacial score (nSPS) is 13.5. The van der Waals surface area contributed by atoms with Crippen molar-refractivity contribution in [2.45, 2.75) is 26.7 Å². The van der Waals surface area contributed by atoms with Crippen molar-refractivity contribution in [3.8, 4) is 11.5 Å². The predicted molar refractivity (Wildman–Crippen MR) is 116 cm³/mol. The highest BCUT2D eigenvalue weighted by molar-refractivity contribution is 6.03. The molecule has 1 aliphatic rings. The molecule has 32 heavy (non-hydrogen) atoms. The quantitative estimate of drug-likeness (QED) is 0.419. The fourth-order valence-electron chi connectivity index (χ4n) is 3.31. The van der Waals surface area contributed by atoms with Crippen LogP contribution >= 0.6 is 0 Å². The molecule has 10 nitrogen and oxygen atoms in total. The summed E-state index contributed by atoms with van der Waals surface area (Å²) in [7, 11) is 4.01. The number of carbonyl (C=O) groups excluding carboxylic acids is 3. The van der Waals surface area contributed by atoms with Gasteiger partial charge in [-0.15, -0.1) is 0 Å².